The van der Waals surface area contributed by atoms with Crippen molar-refractivity contribution >= 4 is 23.2 Å². The summed E-state index contributed by atoms with van der Waals surface area (Å²) in [5.41, 5.74) is 1.12. The zero-order valence-electron chi connectivity index (χ0n) is 15.1. The number of piperazine rings is 1. The van der Waals surface area contributed by atoms with Crippen LogP contribution in [0.3, 0.4) is 0 Å². The van der Waals surface area contributed by atoms with Crippen molar-refractivity contribution in [2.75, 3.05) is 71.4 Å². The number of halogens is 1. The molecule has 1 atom stereocenters. The van der Waals surface area contributed by atoms with Crippen molar-refractivity contribution in [3.8, 4) is 0 Å². The highest BCUT2D eigenvalue weighted by Crippen LogP contribution is 2.25. The van der Waals surface area contributed by atoms with E-state index in [1.54, 1.807) is 0 Å². The Kier molecular flexibility index (Phi) is 6.39. The van der Waals surface area contributed by atoms with Crippen LogP contribution in [0.15, 0.2) is 29.3 Å². The second-order valence-corrected chi connectivity index (χ2v) is 7.02. The number of likely N-dealkylation sites (N-methyl/N-ethyl adjacent to an activating group) is 1. The minimum Gasteiger partial charge on any atom is -0.374 e. The topological polar surface area (TPSA) is 43.3 Å². The fourth-order valence-corrected chi connectivity index (χ4v) is 3.65. The van der Waals surface area contributed by atoms with Crippen LogP contribution in [0.1, 0.15) is 0 Å². The number of nitrogens with one attached hydrogen (secondary N) is 1. The van der Waals surface area contributed by atoms with Gasteiger partial charge in [0.2, 0.25) is 0 Å². The molecule has 0 spiro atoms. The molecule has 2 heterocycles. The van der Waals surface area contributed by atoms with Crippen molar-refractivity contribution in [3.63, 3.8) is 0 Å². The first-order chi connectivity index (χ1) is 12.2. The second kappa shape index (κ2) is 8.74. The zero-order valence-corrected chi connectivity index (χ0v) is 15.9. The molecule has 0 amide bonds. The number of ether oxygens (including phenoxy) is 1. The Morgan fingerprint density at radius 3 is 2.68 bits per heavy atom. The van der Waals surface area contributed by atoms with Gasteiger partial charge in [0, 0.05) is 52.9 Å². The number of morpholine rings is 1. The third-order valence-electron chi connectivity index (χ3n) is 4.81. The molecule has 2 aliphatic rings. The number of rotatable bonds is 3. The largest absolute Gasteiger partial charge is 0.374 e. The van der Waals surface area contributed by atoms with E-state index in [1.165, 1.54) is 0 Å². The van der Waals surface area contributed by atoms with Gasteiger partial charge in [0.05, 0.1) is 23.4 Å². The molecule has 2 fully saturated rings. The Balaban J connectivity index is 1.50. The Morgan fingerprint density at radius 1 is 1.24 bits per heavy atom. The predicted octanol–water partition coefficient (Wildman–Crippen LogP) is 1.37. The number of anilines is 1. The molecule has 2 aliphatic heterocycles. The number of guanidine groups is 1. The summed E-state index contributed by atoms with van der Waals surface area (Å²) in [6.07, 6.45) is 0.222. The summed E-state index contributed by atoms with van der Waals surface area (Å²) in [5, 5.41) is 4.29. The van der Waals surface area contributed by atoms with Gasteiger partial charge in [-0.05, 0) is 19.2 Å². The van der Waals surface area contributed by atoms with E-state index >= 15 is 0 Å². The summed E-state index contributed by atoms with van der Waals surface area (Å²) < 4.78 is 5.82. The van der Waals surface area contributed by atoms with Crippen LogP contribution >= 0.6 is 11.6 Å². The molecule has 1 unspecified atom stereocenters. The van der Waals surface area contributed by atoms with Crippen LogP contribution in [-0.2, 0) is 4.74 Å². The molecular formula is C18H28ClN5O. The number of benzene rings is 1. The summed E-state index contributed by atoms with van der Waals surface area (Å²) in [6.45, 7) is 7.30. The van der Waals surface area contributed by atoms with Crippen LogP contribution in [0.2, 0.25) is 5.02 Å². The highest BCUT2D eigenvalue weighted by Gasteiger charge is 2.23. The Bertz CT molecular complexity index is 589. The number of nitrogens with zero attached hydrogens (tertiary/aromatic N) is 4. The number of hydrogen-bond donors (Lipinski definition) is 1. The van der Waals surface area contributed by atoms with Crippen LogP contribution < -0.4 is 10.2 Å². The van der Waals surface area contributed by atoms with Crippen molar-refractivity contribution in [2.24, 2.45) is 4.99 Å². The maximum atomic E-state index is 6.32. The summed E-state index contributed by atoms with van der Waals surface area (Å²) in [5.74, 6) is 0.954. The number of para-hydroxylation sites is 1. The Hall–Kier alpha value is -1.50. The maximum Gasteiger partial charge on any atom is 0.193 e. The molecule has 0 saturated carbocycles. The van der Waals surface area contributed by atoms with E-state index < -0.39 is 0 Å². The molecular weight excluding hydrogens is 338 g/mol. The maximum absolute atomic E-state index is 6.32. The van der Waals surface area contributed by atoms with Gasteiger partial charge in [-0.3, -0.25) is 4.99 Å². The number of hydrogen-bond acceptors (Lipinski definition) is 4. The minimum atomic E-state index is 0.222. The van der Waals surface area contributed by atoms with Gasteiger partial charge >= 0.3 is 0 Å². The molecule has 1 aromatic rings. The Morgan fingerprint density at radius 2 is 2.00 bits per heavy atom. The molecule has 7 heteroatoms. The Labute approximate surface area is 155 Å². The first kappa shape index (κ1) is 18.3. The lowest BCUT2D eigenvalue weighted by Crippen LogP contribution is -2.54. The summed E-state index contributed by atoms with van der Waals surface area (Å²) in [6, 6.07) is 8.04. The van der Waals surface area contributed by atoms with Gasteiger partial charge in [-0.25, -0.2) is 0 Å². The van der Waals surface area contributed by atoms with Gasteiger partial charge in [-0.15, -0.1) is 0 Å². The number of aliphatic imine (C=N–C) groups is 1. The highest BCUT2D eigenvalue weighted by atomic mass is 35.5. The standard InChI is InChI=1S/C18H28ClN5O/c1-20-18(21-13-15-14-22(2)11-12-25-15)24-9-7-23(8-10-24)17-6-4-3-5-16(17)19/h3-6,15H,7-14H2,1-2H3,(H,20,21). The molecule has 1 aromatic carbocycles. The SMILES string of the molecule is CN=C(NCC1CN(C)CCO1)N1CCN(c2ccccc2Cl)CC1. The van der Waals surface area contributed by atoms with Gasteiger partial charge in [0.25, 0.3) is 0 Å². The van der Waals surface area contributed by atoms with Gasteiger partial charge in [0.1, 0.15) is 0 Å². The highest BCUT2D eigenvalue weighted by molar-refractivity contribution is 6.33. The molecule has 0 bridgehead atoms. The zero-order chi connectivity index (χ0) is 17.6. The van der Waals surface area contributed by atoms with Crippen molar-refractivity contribution in [1.29, 1.82) is 0 Å². The molecule has 3 rings (SSSR count). The molecule has 6 nitrogen and oxygen atoms in total. The van der Waals surface area contributed by atoms with Gasteiger partial charge in [-0.1, -0.05) is 23.7 Å². The van der Waals surface area contributed by atoms with Crippen LogP contribution in [0.4, 0.5) is 5.69 Å². The van der Waals surface area contributed by atoms with Crippen LogP contribution in [-0.4, -0.2) is 88.4 Å². The third kappa shape index (κ3) is 4.77. The lowest BCUT2D eigenvalue weighted by atomic mass is 10.2. The van der Waals surface area contributed by atoms with E-state index in [2.05, 4.69) is 38.1 Å². The summed E-state index contributed by atoms with van der Waals surface area (Å²) in [7, 11) is 3.98. The fourth-order valence-electron chi connectivity index (χ4n) is 3.40. The molecule has 1 N–H and O–H groups in total. The van der Waals surface area contributed by atoms with E-state index in [4.69, 9.17) is 16.3 Å². The summed E-state index contributed by atoms with van der Waals surface area (Å²) in [4.78, 5) is 11.4. The predicted molar refractivity (Wildman–Crippen MR) is 104 cm³/mol. The van der Waals surface area contributed by atoms with Crippen LogP contribution in [0.5, 0.6) is 0 Å². The average Bonchev–Trinajstić information content (AvgIpc) is 2.63. The monoisotopic (exact) mass is 365 g/mol. The van der Waals surface area contributed by atoms with Crippen molar-refractivity contribution in [2.45, 2.75) is 6.10 Å². The van der Waals surface area contributed by atoms with Crippen LogP contribution in [0.25, 0.3) is 0 Å². The quantitative estimate of drug-likeness (QED) is 0.647. The van der Waals surface area contributed by atoms with Crippen LogP contribution in [0, 0.1) is 0 Å². The molecule has 0 radical (unpaired) electrons. The second-order valence-electron chi connectivity index (χ2n) is 6.61. The van der Waals surface area contributed by atoms with Crippen molar-refractivity contribution in [1.82, 2.24) is 15.1 Å². The molecule has 25 heavy (non-hydrogen) atoms. The van der Waals surface area contributed by atoms with E-state index in [9.17, 15) is 0 Å². The minimum absolute atomic E-state index is 0.222. The van der Waals surface area contributed by atoms with E-state index in [-0.39, 0.29) is 6.10 Å². The van der Waals surface area contributed by atoms with Crippen molar-refractivity contribution in [3.05, 3.63) is 29.3 Å². The molecule has 0 aromatic heterocycles. The average molecular weight is 366 g/mol. The molecule has 138 valence electrons. The van der Waals surface area contributed by atoms with Gasteiger partial charge in [0.15, 0.2) is 5.96 Å². The smallest absolute Gasteiger partial charge is 0.193 e. The van der Waals surface area contributed by atoms with Gasteiger partial charge < -0.3 is 24.8 Å². The molecule has 2 saturated heterocycles. The van der Waals surface area contributed by atoms with Crippen molar-refractivity contribution < 1.29 is 4.74 Å². The van der Waals surface area contributed by atoms with E-state index in [0.717, 1.165) is 69.1 Å². The summed E-state index contributed by atoms with van der Waals surface area (Å²) >= 11 is 6.32. The van der Waals surface area contributed by atoms with E-state index in [0.29, 0.717) is 0 Å². The van der Waals surface area contributed by atoms with E-state index in [1.807, 2.05) is 25.2 Å². The normalized spacial score (nSPS) is 23.0. The van der Waals surface area contributed by atoms with Gasteiger partial charge in [-0.2, -0.15) is 0 Å². The lowest BCUT2D eigenvalue weighted by molar-refractivity contribution is -0.0163. The first-order valence-electron chi connectivity index (χ1n) is 8.92. The fraction of sp³-hybridized carbons (Fsp3) is 0.611. The first-order valence-corrected chi connectivity index (χ1v) is 9.30. The lowest BCUT2D eigenvalue weighted by Gasteiger charge is -2.38. The third-order valence-corrected chi connectivity index (χ3v) is 5.13. The molecule has 0 aliphatic carbocycles.